The Morgan fingerprint density at radius 2 is 2.00 bits per heavy atom. The fourth-order valence-electron chi connectivity index (χ4n) is 1.50. The summed E-state index contributed by atoms with van der Waals surface area (Å²) in [5, 5.41) is 8.78. The first-order chi connectivity index (χ1) is 7.99. The first kappa shape index (κ1) is 11.1. The number of carboxylic acids is 1. The predicted octanol–water partition coefficient (Wildman–Crippen LogP) is 2.24. The van der Waals surface area contributed by atoms with Gasteiger partial charge in [-0.15, -0.1) is 0 Å². The van der Waals surface area contributed by atoms with Crippen molar-refractivity contribution in [2.45, 2.75) is 0 Å². The number of halogens is 2. The van der Waals surface area contributed by atoms with Crippen LogP contribution in [0.2, 0.25) is 0 Å². The van der Waals surface area contributed by atoms with Crippen molar-refractivity contribution in [2.24, 2.45) is 0 Å². The Morgan fingerprint density at radius 1 is 1.29 bits per heavy atom. The van der Waals surface area contributed by atoms with Crippen LogP contribution < -0.4 is 5.73 Å². The Labute approximate surface area is 94.7 Å². The lowest BCUT2D eigenvalue weighted by Crippen LogP contribution is -1.98. The van der Waals surface area contributed by atoms with Crippen molar-refractivity contribution in [3.8, 4) is 11.3 Å². The van der Waals surface area contributed by atoms with Crippen molar-refractivity contribution in [1.82, 2.24) is 4.98 Å². The molecule has 4 nitrogen and oxygen atoms in total. The van der Waals surface area contributed by atoms with Gasteiger partial charge >= 0.3 is 5.97 Å². The maximum Gasteiger partial charge on any atom is 0.339 e. The molecule has 0 bridgehead atoms. The summed E-state index contributed by atoms with van der Waals surface area (Å²) >= 11 is 0. The number of aromatic carboxylic acids is 1. The summed E-state index contributed by atoms with van der Waals surface area (Å²) < 4.78 is 26.4. The highest BCUT2D eigenvalue weighted by molar-refractivity contribution is 5.94. The van der Waals surface area contributed by atoms with Crippen molar-refractivity contribution < 1.29 is 18.7 Å². The molecule has 1 heterocycles. The maximum absolute atomic E-state index is 13.4. The van der Waals surface area contributed by atoms with Crippen molar-refractivity contribution in [3.05, 3.63) is 41.5 Å². The summed E-state index contributed by atoms with van der Waals surface area (Å²) in [6.07, 6.45) is 0. The van der Waals surface area contributed by atoms with E-state index in [2.05, 4.69) is 4.98 Å². The molecule has 2 rings (SSSR count). The van der Waals surface area contributed by atoms with Gasteiger partial charge in [-0.3, -0.25) is 0 Å². The van der Waals surface area contributed by atoms with E-state index < -0.39 is 17.6 Å². The van der Waals surface area contributed by atoms with E-state index in [4.69, 9.17) is 10.8 Å². The number of rotatable bonds is 2. The SMILES string of the molecule is Nc1[nH]c(-c2cc(F)ccc2F)cc1C(=O)O. The molecule has 0 radical (unpaired) electrons. The number of carboxylic acid groups (broad SMARTS) is 1. The second kappa shape index (κ2) is 3.89. The summed E-state index contributed by atoms with van der Waals surface area (Å²) in [5.41, 5.74) is 5.29. The largest absolute Gasteiger partial charge is 0.478 e. The van der Waals surface area contributed by atoms with Gasteiger partial charge in [-0.25, -0.2) is 13.6 Å². The first-order valence-corrected chi connectivity index (χ1v) is 4.66. The molecule has 0 unspecified atom stereocenters. The average Bonchev–Trinajstić information content (AvgIpc) is 2.64. The quantitative estimate of drug-likeness (QED) is 0.750. The van der Waals surface area contributed by atoms with E-state index in [9.17, 15) is 13.6 Å². The maximum atomic E-state index is 13.4. The molecular weight excluding hydrogens is 230 g/mol. The zero-order chi connectivity index (χ0) is 12.6. The third-order valence-electron chi connectivity index (χ3n) is 2.30. The first-order valence-electron chi connectivity index (χ1n) is 4.66. The number of nitrogen functional groups attached to an aromatic ring is 1. The molecular formula is C11H8F2N2O2. The van der Waals surface area contributed by atoms with Gasteiger partial charge < -0.3 is 15.8 Å². The molecule has 2 aromatic rings. The molecule has 0 amide bonds. The molecule has 0 saturated carbocycles. The van der Waals surface area contributed by atoms with Crippen LogP contribution in [0.3, 0.4) is 0 Å². The summed E-state index contributed by atoms with van der Waals surface area (Å²) in [6, 6.07) is 4.06. The van der Waals surface area contributed by atoms with Gasteiger partial charge in [-0.2, -0.15) is 0 Å². The standard InChI is InChI=1S/C11H8F2N2O2/c12-5-1-2-8(13)6(3-5)9-4-7(11(16)17)10(14)15-9/h1-4,15H,14H2,(H,16,17). The molecule has 0 spiro atoms. The van der Waals surface area contributed by atoms with Crippen LogP contribution >= 0.6 is 0 Å². The molecule has 0 aliphatic carbocycles. The van der Waals surface area contributed by atoms with Crippen molar-refractivity contribution >= 4 is 11.8 Å². The van der Waals surface area contributed by atoms with Crippen LogP contribution in [0.15, 0.2) is 24.3 Å². The van der Waals surface area contributed by atoms with Gasteiger partial charge in [-0.1, -0.05) is 0 Å². The molecule has 0 fully saturated rings. The number of nitrogens with one attached hydrogen (secondary N) is 1. The highest BCUT2D eigenvalue weighted by Gasteiger charge is 2.15. The number of aromatic amines is 1. The van der Waals surface area contributed by atoms with Gasteiger partial charge in [0.2, 0.25) is 0 Å². The van der Waals surface area contributed by atoms with Gasteiger partial charge in [0.15, 0.2) is 0 Å². The third kappa shape index (κ3) is 1.96. The summed E-state index contributed by atoms with van der Waals surface area (Å²) in [4.78, 5) is 13.3. The monoisotopic (exact) mass is 238 g/mol. The van der Waals surface area contributed by atoms with Crippen molar-refractivity contribution in [1.29, 1.82) is 0 Å². The molecule has 0 atom stereocenters. The summed E-state index contributed by atoms with van der Waals surface area (Å²) in [6.45, 7) is 0. The van der Waals surface area contributed by atoms with Gasteiger partial charge in [0, 0.05) is 5.56 Å². The fraction of sp³-hybridized carbons (Fsp3) is 0. The minimum atomic E-state index is -1.23. The molecule has 4 N–H and O–H groups in total. The predicted molar refractivity (Wildman–Crippen MR) is 57.5 cm³/mol. The van der Waals surface area contributed by atoms with Gasteiger partial charge in [0.25, 0.3) is 0 Å². The van der Waals surface area contributed by atoms with E-state index >= 15 is 0 Å². The highest BCUT2D eigenvalue weighted by Crippen LogP contribution is 2.26. The van der Waals surface area contributed by atoms with Crippen LogP contribution in [-0.4, -0.2) is 16.1 Å². The zero-order valence-corrected chi connectivity index (χ0v) is 8.50. The number of hydrogen-bond donors (Lipinski definition) is 3. The normalized spacial score (nSPS) is 10.5. The second-order valence-electron chi connectivity index (χ2n) is 3.44. The number of hydrogen-bond acceptors (Lipinski definition) is 2. The zero-order valence-electron chi connectivity index (χ0n) is 8.50. The van der Waals surface area contributed by atoms with E-state index in [-0.39, 0.29) is 22.6 Å². The van der Waals surface area contributed by atoms with E-state index in [1.54, 1.807) is 0 Å². The average molecular weight is 238 g/mol. The van der Waals surface area contributed by atoms with E-state index in [1.165, 1.54) is 0 Å². The van der Waals surface area contributed by atoms with Crippen LogP contribution in [0.1, 0.15) is 10.4 Å². The van der Waals surface area contributed by atoms with Crippen LogP contribution in [0.5, 0.6) is 0 Å². The molecule has 0 saturated heterocycles. The minimum absolute atomic E-state index is 0.0656. The van der Waals surface area contributed by atoms with E-state index in [0.717, 1.165) is 24.3 Å². The van der Waals surface area contributed by atoms with Crippen LogP contribution in [0.4, 0.5) is 14.6 Å². The van der Waals surface area contributed by atoms with Crippen molar-refractivity contribution in [3.63, 3.8) is 0 Å². The van der Waals surface area contributed by atoms with Gasteiger partial charge in [-0.05, 0) is 24.3 Å². The summed E-state index contributed by atoms with van der Waals surface area (Å²) in [7, 11) is 0. The number of aromatic nitrogens is 1. The minimum Gasteiger partial charge on any atom is -0.478 e. The lowest BCUT2D eigenvalue weighted by atomic mass is 10.1. The number of benzene rings is 1. The molecule has 1 aromatic heterocycles. The number of nitrogens with two attached hydrogens (primary N) is 1. The topological polar surface area (TPSA) is 79.1 Å². The molecule has 88 valence electrons. The Bertz CT molecular complexity index is 593. The molecule has 17 heavy (non-hydrogen) atoms. The highest BCUT2D eigenvalue weighted by atomic mass is 19.1. The smallest absolute Gasteiger partial charge is 0.339 e. The lowest BCUT2D eigenvalue weighted by Gasteiger charge is -2.00. The van der Waals surface area contributed by atoms with E-state index in [0.29, 0.717) is 0 Å². The molecule has 0 aliphatic heterocycles. The molecule has 0 aliphatic rings. The van der Waals surface area contributed by atoms with Crippen LogP contribution in [0.25, 0.3) is 11.3 Å². The van der Waals surface area contributed by atoms with Gasteiger partial charge in [0.1, 0.15) is 23.0 Å². The Hall–Kier alpha value is -2.37. The molecule has 1 aromatic carbocycles. The third-order valence-corrected chi connectivity index (χ3v) is 2.30. The van der Waals surface area contributed by atoms with E-state index in [1.807, 2.05) is 0 Å². The fourth-order valence-corrected chi connectivity index (χ4v) is 1.50. The number of anilines is 1. The second-order valence-corrected chi connectivity index (χ2v) is 3.44. The Kier molecular flexibility index (Phi) is 2.55. The Morgan fingerprint density at radius 3 is 2.59 bits per heavy atom. The number of H-pyrrole nitrogens is 1. The van der Waals surface area contributed by atoms with Gasteiger partial charge in [0.05, 0.1) is 5.69 Å². The summed E-state index contributed by atoms with van der Waals surface area (Å²) in [5.74, 6) is -2.62. The Balaban J connectivity index is 2.57. The van der Waals surface area contributed by atoms with Crippen LogP contribution in [-0.2, 0) is 0 Å². The van der Waals surface area contributed by atoms with Crippen molar-refractivity contribution in [2.75, 3.05) is 5.73 Å². The number of carbonyl (C=O) groups is 1. The lowest BCUT2D eigenvalue weighted by molar-refractivity contribution is 0.0698. The molecule has 6 heteroatoms. The van der Waals surface area contributed by atoms with Crippen LogP contribution in [0, 0.1) is 11.6 Å².